The lowest BCUT2D eigenvalue weighted by Gasteiger charge is -2.07. The molecule has 0 aliphatic heterocycles. The molecule has 0 heterocycles. The number of hydrogen-bond donors (Lipinski definition) is 0. The largest absolute Gasteiger partial charge is 0.455 e. The van der Waals surface area contributed by atoms with Crippen molar-refractivity contribution in [2.45, 2.75) is 0 Å². The fourth-order valence-corrected chi connectivity index (χ4v) is 1.29. The summed E-state index contributed by atoms with van der Waals surface area (Å²) < 4.78 is 5.67. The molecule has 0 aliphatic carbocycles. The van der Waals surface area contributed by atoms with Gasteiger partial charge in [0, 0.05) is 0 Å². The van der Waals surface area contributed by atoms with Crippen LogP contribution in [0.15, 0.2) is 59.6 Å². The van der Waals surface area contributed by atoms with Gasteiger partial charge in [-0.3, -0.25) is 4.99 Å². The number of benzene rings is 2. The molecule has 2 heteroatoms. The fraction of sp³-hybridized carbons (Fsp3) is 0. The fourth-order valence-electron chi connectivity index (χ4n) is 1.29. The topological polar surface area (TPSA) is 21.6 Å². The summed E-state index contributed by atoms with van der Waals surface area (Å²) >= 11 is 0. The van der Waals surface area contributed by atoms with Crippen molar-refractivity contribution in [1.82, 2.24) is 0 Å². The average Bonchev–Trinajstić information content (AvgIpc) is 2.31. The van der Waals surface area contributed by atoms with Crippen LogP contribution < -0.4 is 4.74 Å². The average molecular weight is 197 g/mol. The molecule has 0 unspecified atom stereocenters. The van der Waals surface area contributed by atoms with Crippen LogP contribution in [-0.4, -0.2) is 6.72 Å². The molecule has 0 aromatic heterocycles. The second-order valence-corrected chi connectivity index (χ2v) is 3.04. The Morgan fingerprint density at radius 3 is 2.27 bits per heavy atom. The van der Waals surface area contributed by atoms with Crippen molar-refractivity contribution in [3.05, 3.63) is 54.6 Å². The van der Waals surface area contributed by atoms with E-state index in [0.29, 0.717) is 0 Å². The Kier molecular flexibility index (Phi) is 2.79. The minimum atomic E-state index is 0.721. The summed E-state index contributed by atoms with van der Waals surface area (Å²) in [6.45, 7) is 3.50. The maximum absolute atomic E-state index is 5.67. The molecule has 2 aromatic carbocycles. The smallest absolute Gasteiger partial charge is 0.152 e. The van der Waals surface area contributed by atoms with Crippen molar-refractivity contribution < 1.29 is 4.74 Å². The van der Waals surface area contributed by atoms with Crippen molar-refractivity contribution in [3.63, 3.8) is 0 Å². The van der Waals surface area contributed by atoms with Gasteiger partial charge in [-0.15, -0.1) is 0 Å². The monoisotopic (exact) mass is 197 g/mol. The molecule has 0 spiro atoms. The highest BCUT2D eigenvalue weighted by molar-refractivity contribution is 5.56. The van der Waals surface area contributed by atoms with Crippen LogP contribution in [-0.2, 0) is 0 Å². The minimum absolute atomic E-state index is 0.721. The highest BCUT2D eigenvalue weighted by Gasteiger charge is 2.00. The molecular weight excluding hydrogens is 186 g/mol. The third-order valence-corrected chi connectivity index (χ3v) is 2.01. The number of aliphatic imine (C=N–C) groups is 1. The second-order valence-electron chi connectivity index (χ2n) is 3.04. The summed E-state index contributed by atoms with van der Waals surface area (Å²) in [7, 11) is 0. The van der Waals surface area contributed by atoms with E-state index in [9.17, 15) is 0 Å². The molecule has 74 valence electrons. The zero-order chi connectivity index (χ0) is 10.5. The predicted octanol–water partition coefficient (Wildman–Crippen LogP) is 3.81. The van der Waals surface area contributed by atoms with Crippen molar-refractivity contribution in [2.75, 3.05) is 0 Å². The first kappa shape index (κ1) is 9.46. The molecule has 0 aliphatic rings. The summed E-state index contributed by atoms with van der Waals surface area (Å²) in [6, 6.07) is 17.2. The van der Waals surface area contributed by atoms with Crippen LogP contribution in [0.1, 0.15) is 0 Å². The second kappa shape index (κ2) is 4.42. The highest BCUT2D eigenvalue weighted by Crippen LogP contribution is 2.30. The van der Waals surface area contributed by atoms with E-state index in [4.69, 9.17) is 4.74 Å². The van der Waals surface area contributed by atoms with Gasteiger partial charge in [-0.25, -0.2) is 0 Å². The van der Waals surface area contributed by atoms with Gasteiger partial charge in [-0.2, -0.15) is 0 Å². The van der Waals surface area contributed by atoms with Gasteiger partial charge in [-0.1, -0.05) is 30.3 Å². The summed E-state index contributed by atoms with van der Waals surface area (Å²) in [6.07, 6.45) is 0. The van der Waals surface area contributed by atoms with Gasteiger partial charge < -0.3 is 4.74 Å². The van der Waals surface area contributed by atoms with Crippen LogP contribution in [0.3, 0.4) is 0 Å². The van der Waals surface area contributed by atoms with E-state index in [0.717, 1.165) is 17.2 Å². The first-order valence-electron chi connectivity index (χ1n) is 4.69. The summed E-state index contributed by atoms with van der Waals surface area (Å²) in [5.74, 6) is 1.52. The Balaban J connectivity index is 2.28. The third kappa shape index (κ3) is 2.23. The normalized spacial score (nSPS) is 9.60. The van der Waals surface area contributed by atoms with Crippen molar-refractivity contribution in [2.24, 2.45) is 4.99 Å². The quantitative estimate of drug-likeness (QED) is 0.685. The predicted molar refractivity (Wildman–Crippen MR) is 62.2 cm³/mol. The molecule has 0 saturated carbocycles. The Labute approximate surface area is 88.9 Å². The third-order valence-electron chi connectivity index (χ3n) is 2.01. The lowest BCUT2D eigenvalue weighted by molar-refractivity contribution is 0.484. The van der Waals surface area contributed by atoms with Crippen molar-refractivity contribution in [3.8, 4) is 11.5 Å². The maximum Gasteiger partial charge on any atom is 0.152 e. The maximum atomic E-state index is 5.67. The zero-order valence-corrected chi connectivity index (χ0v) is 8.26. The minimum Gasteiger partial charge on any atom is -0.455 e. The molecule has 2 rings (SSSR count). The Morgan fingerprint density at radius 2 is 1.53 bits per heavy atom. The molecule has 0 saturated heterocycles. The Morgan fingerprint density at radius 1 is 0.867 bits per heavy atom. The molecule has 2 aromatic rings. The lowest BCUT2D eigenvalue weighted by atomic mass is 10.3. The SMILES string of the molecule is C=Nc1ccccc1Oc1ccccc1. The van der Waals surface area contributed by atoms with Crippen molar-refractivity contribution in [1.29, 1.82) is 0 Å². The number of hydrogen-bond acceptors (Lipinski definition) is 2. The van der Waals surface area contributed by atoms with E-state index in [2.05, 4.69) is 11.7 Å². The van der Waals surface area contributed by atoms with Crippen LogP contribution >= 0.6 is 0 Å². The molecule has 0 amide bonds. The molecule has 0 radical (unpaired) electrons. The first-order valence-corrected chi connectivity index (χ1v) is 4.69. The molecule has 0 bridgehead atoms. The van der Waals surface area contributed by atoms with E-state index >= 15 is 0 Å². The summed E-state index contributed by atoms with van der Waals surface area (Å²) in [4.78, 5) is 3.89. The van der Waals surface area contributed by atoms with E-state index in [-0.39, 0.29) is 0 Å². The van der Waals surface area contributed by atoms with E-state index in [1.54, 1.807) is 0 Å². The molecule has 0 N–H and O–H groups in total. The number of nitrogens with zero attached hydrogens (tertiary/aromatic N) is 1. The van der Waals surface area contributed by atoms with Gasteiger partial charge in [0.25, 0.3) is 0 Å². The van der Waals surface area contributed by atoms with E-state index in [1.165, 1.54) is 0 Å². The summed E-state index contributed by atoms with van der Waals surface area (Å²) in [5, 5.41) is 0. The molecule has 2 nitrogen and oxygen atoms in total. The van der Waals surface area contributed by atoms with Gasteiger partial charge in [0.05, 0.1) is 0 Å². The lowest BCUT2D eigenvalue weighted by Crippen LogP contribution is -1.83. The van der Waals surface area contributed by atoms with Gasteiger partial charge in [0.2, 0.25) is 0 Å². The molecule has 0 atom stereocenters. The number of rotatable bonds is 3. The van der Waals surface area contributed by atoms with E-state index in [1.807, 2.05) is 54.6 Å². The van der Waals surface area contributed by atoms with Crippen LogP contribution in [0, 0.1) is 0 Å². The Bertz CT molecular complexity index is 451. The number of ether oxygens (including phenoxy) is 1. The van der Waals surface area contributed by atoms with Crippen LogP contribution in [0.2, 0.25) is 0 Å². The first-order chi connectivity index (χ1) is 7.40. The van der Waals surface area contributed by atoms with Crippen LogP contribution in [0.5, 0.6) is 11.5 Å². The number of para-hydroxylation sites is 3. The molecule has 15 heavy (non-hydrogen) atoms. The van der Waals surface area contributed by atoms with Crippen molar-refractivity contribution >= 4 is 12.4 Å². The van der Waals surface area contributed by atoms with Crippen LogP contribution in [0.25, 0.3) is 0 Å². The van der Waals surface area contributed by atoms with Gasteiger partial charge in [-0.05, 0) is 31.0 Å². The standard InChI is InChI=1S/C13H11NO/c1-14-12-9-5-6-10-13(12)15-11-7-3-2-4-8-11/h2-10H,1H2. The van der Waals surface area contributed by atoms with E-state index < -0.39 is 0 Å². The highest BCUT2D eigenvalue weighted by atomic mass is 16.5. The van der Waals surface area contributed by atoms with Gasteiger partial charge in [0.1, 0.15) is 11.4 Å². The molecular formula is C13H11NO. The zero-order valence-electron chi connectivity index (χ0n) is 8.26. The van der Waals surface area contributed by atoms with Crippen LogP contribution in [0.4, 0.5) is 5.69 Å². The molecule has 0 fully saturated rings. The van der Waals surface area contributed by atoms with Gasteiger partial charge >= 0.3 is 0 Å². The van der Waals surface area contributed by atoms with Gasteiger partial charge in [0.15, 0.2) is 5.75 Å². The Hall–Kier alpha value is -2.09. The summed E-state index contributed by atoms with van der Waals surface area (Å²) in [5.41, 5.74) is 0.751.